The third kappa shape index (κ3) is 2.72. The number of aliphatic hydroxyl groups is 1. The number of carbonyl (C=O) groups excluding carboxylic acids is 1. The van der Waals surface area contributed by atoms with E-state index < -0.39 is 5.60 Å². The molecule has 2 aromatic rings. The lowest BCUT2D eigenvalue weighted by atomic mass is 9.86. The van der Waals surface area contributed by atoms with E-state index >= 15 is 0 Å². The second kappa shape index (κ2) is 5.53. The first-order chi connectivity index (χ1) is 12.1. The van der Waals surface area contributed by atoms with Crippen molar-refractivity contribution in [1.82, 2.24) is 20.3 Å². The molecule has 3 N–H and O–H groups in total. The molecule has 3 aliphatic rings. The van der Waals surface area contributed by atoms with Crippen molar-refractivity contribution in [2.75, 3.05) is 6.54 Å². The predicted octanol–water partition coefficient (Wildman–Crippen LogP) is 2.51. The van der Waals surface area contributed by atoms with E-state index in [1.807, 2.05) is 0 Å². The molecule has 0 aliphatic heterocycles. The van der Waals surface area contributed by atoms with E-state index in [-0.39, 0.29) is 5.91 Å². The van der Waals surface area contributed by atoms with Crippen LogP contribution >= 0.6 is 0 Å². The zero-order valence-electron chi connectivity index (χ0n) is 14.3. The Hall–Kier alpha value is -1.95. The average molecular weight is 340 g/mol. The third-order valence-corrected chi connectivity index (χ3v) is 6.20. The molecule has 5 rings (SSSR count). The maximum Gasteiger partial charge on any atom is 0.255 e. The number of H-pyrrole nitrogens is 1. The highest BCUT2D eigenvalue weighted by Crippen LogP contribution is 2.49. The molecule has 6 heteroatoms. The zero-order chi connectivity index (χ0) is 17.0. The van der Waals surface area contributed by atoms with E-state index in [1.165, 1.54) is 12.8 Å². The minimum Gasteiger partial charge on any atom is -0.388 e. The summed E-state index contributed by atoms with van der Waals surface area (Å²) in [4.78, 5) is 24.8. The summed E-state index contributed by atoms with van der Waals surface area (Å²) < 4.78 is 0. The van der Waals surface area contributed by atoms with Crippen LogP contribution < -0.4 is 5.32 Å². The van der Waals surface area contributed by atoms with Gasteiger partial charge in [-0.25, -0.2) is 9.97 Å². The summed E-state index contributed by atoms with van der Waals surface area (Å²) in [7, 11) is 0. The number of aromatic amines is 1. The van der Waals surface area contributed by atoms with E-state index in [2.05, 4.69) is 20.3 Å². The van der Waals surface area contributed by atoms with Crippen LogP contribution in [0, 0.1) is 11.8 Å². The van der Waals surface area contributed by atoms with Gasteiger partial charge in [-0.1, -0.05) is 6.42 Å². The largest absolute Gasteiger partial charge is 0.388 e. The van der Waals surface area contributed by atoms with Crippen molar-refractivity contribution in [1.29, 1.82) is 0 Å². The van der Waals surface area contributed by atoms with Crippen LogP contribution in [-0.2, 0) is 0 Å². The summed E-state index contributed by atoms with van der Waals surface area (Å²) in [5.41, 5.74) is 2.04. The number of rotatable bonds is 5. The Morgan fingerprint density at radius 3 is 2.92 bits per heavy atom. The molecule has 0 saturated heterocycles. The quantitative estimate of drug-likeness (QED) is 0.780. The van der Waals surface area contributed by atoms with Gasteiger partial charge in [-0.05, 0) is 50.4 Å². The second-order valence-electron chi connectivity index (χ2n) is 8.09. The molecule has 132 valence electrons. The number of hydrogen-bond acceptors (Lipinski definition) is 4. The van der Waals surface area contributed by atoms with Gasteiger partial charge in [0.25, 0.3) is 5.91 Å². The highest BCUT2D eigenvalue weighted by atomic mass is 16.3. The Balaban J connectivity index is 1.34. The highest BCUT2D eigenvalue weighted by molar-refractivity contribution is 6.04. The highest BCUT2D eigenvalue weighted by Gasteiger charge is 2.48. The fourth-order valence-corrected chi connectivity index (χ4v) is 4.46. The molecule has 0 radical (unpaired) electrons. The molecule has 1 amide bonds. The molecule has 3 aliphatic carbocycles. The first-order valence-corrected chi connectivity index (χ1v) is 9.49. The lowest BCUT2D eigenvalue weighted by Crippen LogP contribution is -2.46. The summed E-state index contributed by atoms with van der Waals surface area (Å²) in [6.45, 7) is 0.329. The van der Waals surface area contributed by atoms with Crippen molar-refractivity contribution < 1.29 is 9.90 Å². The molecule has 2 atom stereocenters. The van der Waals surface area contributed by atoms with E-state index in [0.29, 0.717) is 41.0 Å². The number of nitrogens with one attached hydrogen (secondary N) is 2. The molecule has 2 heterocycles. The Bertz CT molecular complexity index is 824. The SMILES string of the molecule is O=C(NC[C@@]1(O)CCCC1C1CC1)c1c[nH]c2ncc(C3CC3)nc12. The Morgan fingerprint density at radius 2 is 2.16 bits per heavy atom. The maximum atomic E-state index is 12.7. The molecule has 6 nitrogen and oxygen atoms in total. The molecule has 0 spiro atoms. The number of carbonyl (C=O) groups is 1. The lowest BCUT2D eigenvalue weighted by Gasteiger charge is -2.30. The Kier molecular flexibility index (Phi) is 3.39. The number of hydrogen-bond donors (Lipinski definition) is 3. The van der Waals surface area contributed by atoms with Gasteiger partial charge in [0.1, 0.15) is 5.52 Å². The Labute approximate surface area is 146 Å². The number of fused-ring (bicyclic) bond motifs is 1. The number of aromatic nitrogens is 3. The van der Waals surface area contributed by atoms with Gasteiger partial charge in [-0.2, -0.15) is 0 Å². The summed E-state index contributed by atoms with van der Waals surface area (Å²) in [6, 6.07) is 0. The molecule has 2 aromatic heterocycles. The number of nitrogens with zero attached hydrogens (tertiary/aromatic N) is 2. The van der Waals surface area contributed by atoms with Crippen molar-refractivity contribution in [2.45, 2.75) is 56.5 Å². The van der Waals surface area contributed by atoms with Crippen molar-refractivity contribution >= 4 is 17.1 Å². The van der Waals surface area contributed by atoms with Crippen molar-refractivity contribution in [3.63, 3.8) is 0 Å². The topological polar surface area (TPSA) is 90.9 Å². The van der Waals surface area contributed by atoms with Gasteiger partial charge in [-0.15, -0.1) is 0 Å². The first-order valence-electron chi connectivity index (χ1n) is 9.49. The minimum absolute atomic E-state index is 0.177. The lowest BCUT2D eigenvalue weighted by molar-refractivity contribution is -0.00426. The van der Waals surface area contributed by atoms with E-state index in [9.17, 15) is 9.90 Å². The molecule has 3 saturated carbocycles. The standard InChI is InChI=1S/C19H24N4O2/c24-18(22-10-19(25)7-1-2-14(19)11-3-4-11)13-8-20-17-16(13)23-15(9-21-17)12-5-6-12/h8-9,11-12,14,25H,1-7,10H2,(H,20,21)(H,22,24)/t14?,19-/m0/s1. The van der Waals surface area contributed by atoms with Crippen LogP contribution in [0.4, 0.5) is 0 Å². The van der Waals surface area contributed by atoms with Crippen LogP contribution in [0.2, 0.25) is 0 Å². The zero-order valence-corrected chi connectivity index (χ0v) is 14.3. The van der Waals surface area contributed by atoms with E-state index in [4.69, 9.17) is 0 Å². The molecule has 3 fully saturated rings. The van der Waals surface area contributed by atoms with Crippen molar-refractivity contribution in [3.05, 3.63) is 23.7 Å². The van der Waals surface area contributed by atoms with Gasteiger partial charge in [0, 0.05) is 18.7 Å². The van der Waals surface area contributed by atoms with E-state index in [0.717, 1.165) is 37.8 Å². The van der Waals surface area contributed by atoms with Crippen LogP contribution in [0.3, 0.4) is 0 Å². The van der Waals surface area contributed by atoms with Gasteiger partial charge < -0.3 is 15.4 Å². The average Bonchev–Trinajstić information content (AvgIpc) is 3.54. The van der Waals surface area contributed by atoms with Crippen LogP contribution in [0.25, 0.3) is 11.2 Å². The van der Waals surface area contributed by atoms with Crippen molar-refractivity contribution in [3.8, 4) is 0 Å². The van der Waals surface area contributed by atoms with E-state index in [1.54, 1.807) is 12.4 Å². The molecule has 1 unspecified atom stereocenters. The molecular weight excluding hydrogens is 316 g/mol. The predicted molar refractivity (Wildman–Crippen MR) is 93.2 cm³/mol. The molecule has 25 heavy (non-hydrogen) atoms. The van der Waals surface area contributed by atoms with Gasteiger partial charge in [0.2, 0.25) is 0 Å². The summed E-state index contributed by atoms with van der Waals surface area (Å²) in [5.74, 6) is 1.33. The molecule has 0 aromatic carbocycles. The maximum absolute atomic E-state index is 12.7. The normalized spacial score (nSPS) is 29.2. The monoisotopic (exact) mass is 340 g/mol. The van der Waals surface area contributed by atoms with Crippen LogP contribution in [0.5, 0.6) is 0 Å². The molecular formula is C19H24N4O2. The summed E-state index contributed by atoms with van der Waals surface area (Å²) in [5, 5.41) is 14.0. The third-order valence-electron chi connectivity index (χ3n) is 6.20. The van der Waals surface area contributed by atoms with Gasteiger partial charge in [0.15, 0.2) is 5.65 Å². The minimum atomic E-state index is -0.742. The fourth-order valence-electron chi connectivity index (χ4n) is 4.46. The van der Waals surface area contributed by atoms with Crippen molar-refractivity contribution in [2.24, 2.45) is 11.8 Å². The first kappa shape index (κ1) is 15.3. The van der Waals surface area contributed by atoms with Gasteiger partial charge in [-0.3, -0.25) is 4.79 Å². The summed E-state index contributed by atoms with van der Waals surface area (Å²) in [6.07, 6.45) is 11.2. The smallest absolute Gasteiger partial charge is 0.255 e. The van der Waals surface area contributed by atoms with Crippen LogP contribution in [0.15, 0.2) is 12.4 Å². The van der Waals surface area contributed by atoms with Gasteiger partial charge >= 0.3 is 0 Å². The van der Waals surface area contributed by atoms with Gasteiger partial charge in [0.05, 0.1) is 23.1 Å². The number of amides is 1. The Morgan fingerprint density at radius 1 is 1.32 bits per heavy atom. The molecule has 0 bridgehead atoms. The fraction of sp³-hybridized carbons (Fsp3) is 0.632. The summed E-state index contributed by atoms with van der Waals surface area (Å²) >= 11 is 0. The van der Waals surface area contributed by atoms with Crippen LogP contribution in [-0.4, -0.2) is 38.1 Å². The van der Waals surface area contributed by atoms with Crippen LogP contribution in [0.1, 0.15) is 66.9 Å². The second-order valence-corrected chi connectivity index (χ2v) is 8.09.